The molecule has 1 unspecified atom stereocenters. The van der Waals surface area contributed by atoms with Crippen LogP contribution in [0.2, 0.25) is 0 Å². The van der Waals surface area contributed by atoms with Gasteiger partial charge in [-0.25, -0.2) is 4.79 Å². The van der Waals surface area contributed by atoms with E-state index >= 15 is 0 Å². The lowest BCUT2D eigenvalue weighted by Crippen LogP contribution is -2.45. The van der Waals surface area contributed by atoms with E-state index in [4.69, 9.17) is 5.11 Å². The molecule has 19 heavy (non-hydrogen) atoms. The third-order valence-electron chi connectivity index (χ3n) is 2.71. The SMILES string of the molecule is CCN(C)C(=O)CNC(=O)NC(C)CCCC(=O)O. The highest BCUT2D eigenvalue weighted by Gasteiger charge is 2.11. The summed E-state index contributed by atoms with van der Waals surface area (Å²) in [4.78, 5) is 34.7. The molecule has 3 amide bonds. The maximum atomic E-state index is 11.5. The Morgan fingerprint density at radius 2 is 1.95 bits per heavy atom. The lowest BCUT2D eigenvalue weighted by molar-refractivity contribution is -0.137. The van der Waals surface area contributed by atoms with Gasteiger partial charge >= 0.3 is 12.0 Å². The molecule has 7 heteroatoms. The zero-order valence-electron chi connectivity index (χ0n) is 11.7. The van der Waals surface area contributed by atoms with E-state index in [0.717, 1.165) is 0 Å². The van der Waals surface area contributed by atoms with Gasteiger partial charge in [0.25, 0.3) is 0 Å². The highest BCUT2D eigenvalue weighted by Crippen LogP contribution is 2.00. The molecule has 0 aromatic heterocycles. The number of carboxylic acids is 1. The highest BCUT2D eigenvalue weighted by atomic mass is 16.4. The Morgan fingerprint density at radius 1 is 1.32 bits per heavy atom. The molecule has 3 N–H and O–H groups in total. The lowest BCUT2D eigenvalue weighted by Gasteiger charge is -2.17. The molecule has 0 saturated heterocycles. The number of nitrogens with one attached hydrogen (secondary N) is 2. The van der Waals surface area contributed by atoms with Crippen molar-refractivity contribution in [2.45, 2.75) is 39.2 Å². The monoisotopic (exact) mass is 273 g/mol. The fraction of sp³-hybridized carbons (Fsp3) is 0.750. The predicted molar refractivity (Wildman–Crippen MR) is 70.8 cm³/mol. The first-order chi connectivity index (χ1) is 8.86. The summed E-state index contributed by atoms with van der Waals surface area (Å²) >= 11 is 0. The topological polar surface area (TPSA) is 98.7 Å². The number of likely N-dealkylation sites (N-methyl/N-ethyl adjacent to an activating group) is 1. The van der Waals surface area contributed by atoms with E-state index in [1.807, 2.05) is 6.92 Å². The van der Waals surface area contributed by atoms with Gasteiger partial charge in [0.2, 0.25) is 5.91 Å². The molecule has 0 aliphatic carbocycles. The number of rotatable bonds is 8. The third-order valence-corrected chi connectivity index (χ3v) is 2.71. The van der Waals surface area contributed by atoms with Crippen molar-refractivity contribution < 1.29 is 19.5 Å². The second-order valence-electron chi connectivity index (χ2n) is 4.42. The number of carbonyl (C=O) groups excluding carboxylic acids is 2. The molecule has 0 saturated carbocycles. The smallest absolute Gasteiger partial charge is 0.315 e. The standard InChI is InChI=1S/C12H23N3O4/c1-4-15(3)10(16)8-13-12(19)14-9(2)6-5-7-11(17)18/h9H,4-8H2,1-3H3,(H,17,18)(H2,13,14,19). The van der Waals surface area contributed by atoms with E-state index < -0.39 is 12.0 Å². The zero-order valence-corrected chi connectivity index (χ0v) is 11.7. The van der Waals surface area contributed by atoms with Gasteiger partial charge in [0.15, 0.2) is 0 Å². The van der Waals surface area contributed by atoms with E-state index in [1.54, 1.807) is 14.0 Å². The highest BCUT2D eigenvalue weighted by molar-refractivity contribution is 5.83. The molecule has 7 nitrogen and oxygen atoms in total. The Hall–Kier alpha value is -1.79. The Kier molecular flexibility index (Phi) is 8.32. The molecule has 0 bridgehead atoms. The van der Waals surface area contributed by atoms with Gasteiger partial charge in [-0.05, 0) is 26.7 Å². The second kappa shape index (κ2) is 9.18. The predicted octanol–water partition coefficient (Wildman–Crippen LogP) is 0.407. The molecule has 0 aromatic rings. The number of carbonyl (C=O) groups is 3. The average molecular weight is 273 g/mol. The van der Waals surface area contributed by atoms with Crippen molar-refractivity contribution in [2.24, 2.45) is 0 Å². The van der Waals surface area contributed by atoms with Gasteiger partial charge in [0.1, 0.15) is 0 Å². The minimum Gasteiger partial charge on any atom is -0.481 e. The van der Waals surface area contributed by atoms with Crippen LogP contribution in [0.5, 0.6) is 0 Å². The summed E-state index contributed by atoms with van der Waals surface area (Å²) in [6, 6.07) is -0.543. The fourth-order valence-electron chi connectivity index (χ4n) is 1.37. The van der Waals surface area contributed by atoms with Crippen LogP contribution in [-0.2, 0) is 9.59 Å². The van der Waals surface area contributed by atoms with Crippen molar-refractivity contribution in [1.29, 1.82) is 0 Å². The van der Waals surface area contributed by atoms with E-state index in [0.29, 0.717) is 19.4 Å². The number of urea groups is 1. The number of carboxylic acid groups (broad SMARTS) is 1. The molecule has 0 spiro atoms. The fourth-order valence-corrected chi connectivity index (χ4v) is 1.37. The molecule has 0 aliphatic heterocycles. The summed E-state index contributed by atoms with van der Waals surface area (Å²) in [7, 11) is 1.66. The Morgan fingerprint density at radius 3 is 2.47 bits per heavy atom. The van der Waals surface area contributed by atoms with Crippen molar-refractivity contribution in [1.82, 2.24) is 15.5 Å². The molecule has 0 radical (unpaired) electrons. The Labute approximate surface area is 113 Å². The molecule has 1 atom stereocenters. The van der Waals surface area contributed by atoms with Crippen molar-refractivity contribution in [3.63, 3.8) is 0 Å². The third kappa shape index (κ3) is 8.87. The zero-order chi connectivity index (χ0) is 14.8. The molecule has 0 aliphatic rings. The molecule has 110 valence electrons. The van der Waals surface area contributed by atoms with E-state index in [-0.39, 0.29) is 24.9 Å². The molecular weight excluding hydrogens is 250 g/mol. The average Bonchev–Trinajstić information content (AvgIpc) is 2.34. The van der Waals surface area contributed by atoms with Crippen LogP contribution in [0.15, 0.2) is 0 Å². The van der Waals surface area contributed by atoms with Crippen LogP contribution in [0.3, 0.4) is 0 Å². The van der Waals surface area contributed by atoms with Crippen LogP contribution in [0.4, 0.5) is 4.79 Å². The normalized spacial score (nSPS) is 11.5. The van der Waals surface area contributed by atoms with Gasteiger partial charge in [-0.15, -0.1) is 0 Å². The van der Waals surface area contributed by atoms with Crippen molar-refractivity contribution in [2.75, 3.05) is 20.1 Å². The number of amides is 3. The van der Waals surface area contributed by atoms with Crippen molar-refractivity contribution in [3.05, 3.63) is 0 Å². The van der Waals surface area contributed by atoms with E-state index in [2.05, 4.69) is 10.6 Å². The van der Waals surface area contributed by atoms with E-state index in [1.165, 1.54) is 4.90 Å². The summed E-state index contributed by atoms with van der Waals surface area (Å²) in [6.45, 7) is 4.19. The van der Waals surface area contributed by atoms with Crippen LogP contribution in [0.1, 0.15) is 33.1 Å². The van der Waals surface area contributed by atoms with Crippen LogP contribution in [0.25, 0.3) is 0 Å². The van der Waals surface area contributed by atoms with Crippen molar-refractivity contribution in [3.8, 4) is 0 Å². The number of hydrogen-bond acceptors (Lipinski definition) is 3. The first-order valence-electron chi connectivity index (χ1n) is 6.37. The van der Waals surface area contributed by atoms with Gasteiger partial charge in [-0.2, -0.15) is 0 Å². The first-order valence-corrected chi connectivity index (χ1v) is 6.37. The van der Waals surface area contributed by atoms with E-state index in [9.17, 15) is 14.4 Å². The largest absolute Gasteiger partial charge is 0.481 e. The quantitative estimate of drug-likeness (QED) is 0.596. The van der Waals surface area contributed by atoms with Gasteiger partial charge < -0.3 is 20.6 Å². The lowest BCUT2D eigenvalue weighted by atomic mass is 10.1. The number of hydrogen-bond donors (Lipinski definition) is 3. The summed E-state index contributed by atoms with van der Waals surface area (Å²) in [5.41, 5.74) is 0. The minimum absolute atomic E-state index is 0.0436. The van der Waals surface area contributed by atoms with Gasteiger partial charge in [-0.3, -0.25) is 9.59 Å². The van der Waals surface area contributed by atoms with Crippen LogP contribution >= 0.6 is 0 Å². The Balaban J connectivity index is 3.79. The number of aliphatic carboxylic acids is 1. The summed E-state index contributed by atoms with van der Waals surface area (Å²) in [6.07, 6.45) is 1.18. The summed E-state index contributed by atoms with van der Waals surface area (Å²) < 4.78 is 0. The van der Waals surface area contributed by atoms with Crippen molar-refractivity contribution >= 4 is 17.9 Å². The first kappa shape index (κ1) is 17.2. The van der Waals surface area contributed by atoms with Gasteiger partial charge in [0.05, 0.1) is 6.54 Å². The second-order valence-corrected chi connectivity index (χ2v) is 4.42. The molecular formula is C12H23N3O4. The maximum absolute atomic E-state index is 11.5. The number of nitrogens with zero attached hydrogens (tertiary/aromatic N) is 1. The molecule has 0 rings (SSSR count). The van der Waals surface area contributed by atoms with Crippen LogP contribution < -0.4 is 10.6 Å². The maximum Gasteiger partial charge on any atom is 0.315 e. The summed E-state index contributed by atoms with van der Waals surface area (Å²) in [5.74, 6) is -0.999. The molecule has 0 aromatic carbocycles. The molecule has 0 heterocycles. The Bertz CT molecular complexity index is 320. The minimum atomic E-state index is -0.843. The van der Waals surface area contributed by atoms with Gasteiger partial charge in [-0.1, -0.05) is 0 Å². The summed E-state index contributed by atoms with van der Waals surface area (Å²) in [5, 5.41) is 13.6. The van der Waals surface area contributed by atoms with Gasteiger partial charge in [0, 0.05) is 26.1 Å². The van der Waals surface area contributed by atoms with Crippen LogP contribution in [0, 0.1) is 0 Å². The van der Waals surface area contributed by atoms with Crippen LogP contribution in [-0.4, -0.2) is 54.1 Å². The molecule has 0 fully saturated rings.